The predicted octanol–water partition coefficient (Wildman–Crippen LogP) is 3.85. The highest BCUT2D eigenvalue weighted by Crippen LogP contribution is 2.45. The molecular weight excluding hydrogens is 403 g/mol. The third-order valence-corrected chi connectivity index (χ3v) is 7.57. The van der Waals surface area contributed by atoms with Gasteiger partial charge in [-0.05, 0) is 61.8 Å². The second-order valence-electron chi connectivity index (χ2n) is 8.47. The van der Waals surface area contributed by atoms with Crippen molar-refractivity contribution in [2.24, 2.45) is 0 Å². The molecule has 1 aliphatic heterocycles. The average molecular weight is 427 g/mol. The fourth-order valence-corrected chi connectivity index (χ4v) is 5.81. The molecule has 2 aliphatic rings. The first-order valence-corrected chi connectivity index (χ1v) is 10.8. The summed E-state index contributed by atoms with van der Waals surface area (Å²) in [5.41, 5.74) is 2.57. The number of carbonyl (C=O) groups is 1. The van der Waals surface area contributed by atoms with Gasteiger partial charge in [0, 0.05) is 17.5 Å². The van der Waals surface area contributed by atoms with Crippen LogP contribution in [0, 0.1) is 5.82 Å². The van der Waals surface area contributed by atoms with Crippen LogP contribution in [-0.4, -0.2) is 46.7 Å². The zero-order chi connectivity index (χ0) is 21.0. The zero-order valence-corrected chi connectivity index (χ0v) is 17.6. The van der Waals surface area contributed by atoms with Crippen molar-refractivity contribution in [3.63, 3.8) is 0 Å². The maximum Gasteiger partial charge on any atom is 0.321 e. The van der Waals surface area contributed by atoms with E-state index in [0.29, 0.717) is 10.6 Å². The summed E-state index contributed by atoms with van der Waals surface area (Å²) in [5.74, 6) is -0.103. The van der Waals surface area contributed by atoms with Crippen molar-refractivity contribution < 1.29 is 14.3 Å². The molecule has 1 saturated heterocycles. The maximum atomic E-state index is 13.4. The van der Waals surface area contributed by atoms with Gasteiger partial charge in [0.05, 0.1) is 16.3 Å². The summed E-state index contributed by atoms with van der Waals surface area (Å²) in [5, 5.41) is 16.5. The van der Waals surface area contributed by atoms with Crippen molar-refractivity contribution >= 4 is 32.7 Å². The minimum absolute atomic E-state index is 0.114. The van der Waals surface area contributed by atoms with Gasteiger partial charge >= 0.3 is 6.03 Å². The van der Waals surface area contributed by atoms with Crippen molar-refractivity contribution in [3.8, 4) is 5.75 Å². The van der Waals surface area contributed by atoms with E-state index in [9.17, 15) is 14.3 Å². The molecule has 2 heterocycles. The molecule has 2 bridgehead atoms. The van der Waals surface area contributed by atoms with Gasteiger partial charge in [-0.25, -0.2) is 14.2 Å². The number of aromatic hydroxyl groups is 1. The number of anilines is 1. The number of hydrogen-bond acceptors (Lipinski definition) is 5. The topological polar surface area (TPSA) is 77.5 Å². The fourth-order valence-electron chi connectivity index (χ4n) is 4.97. The van der Waals surface area contributed by atoms with Gasteiger partial charge in [0.25, 0.3) is 0 Å². The summed E-state index contributed by atoms with van der Waals surface area (Å²) >= 11 is 1.31. The van der Waals surface area contributed by atoms with Crippen molar-refractivity contribution in [2.45, 2.75) is 37.3 Å². The lowest BCUT2D eigenvalue weighted by atomic mass is 9.61. The summed E-state index contributed by atoms with van der Waals surface area (Å²) in [6.45, 7) is 3.09. The van der Waals surface area contributed by atoms with Crippen LogP contribution in [0.1, 0.15) is 24.5 Å². The van der Waals surface area contributed by atoms with E-state index < -0.39 is 0 Å². The van der Waals surface area contributed by atoms with E-state index in [0.717, 1.165) is 29.6 Å². The number of likely N-dealkylation sites (tertiary alicyclic amines) is 1. The number of urea groups is 1. The number of rotatable bonds is 2. The van der Waals surface area contributed by atoms with Gasteiger partial charge in [-0.2, -0.15) is 0 Å². The number of nitrogens with one attached hydrogen (secondary N) is 2. The van der Waals surface area contributed by atoms with Crippen molar-refractivity contribution in [3.05, 3.63) is 53.3 Å². The lowest BCUT2D eigenvalue weighted by Gasteiger charge is -2.54. The first-order valence-electron chi connectivity index (χ1n) is 10.00. The second-order valence-corrected chi connectivity index (χ2v) is 9.50. The van der Waals surface area contributed by atoms with Crippen LogP contribution in [0.25, 0.3) is 10.2 Å². The molecule has 8 heteroatoms. The zero-order valence-electron chi connectivity index (χ0n) is 16.8. The van der Waals surface area contributed by atoms with E-state index in [1.54, 1.807) is 12.1 Å². The number of amides is 2. The highest BCUT2D eigenvalue weighted by molar-refractivity contribution is 7.22. The Balaban J connectivity index is 1.41. The molecule has 3 atom stereocenters. The first-order chi connectivity index (χ1) is 14.3. The largest absolute Gasteiger partial charge is 0.508 e. The Morgan fingerprint density at radius 3 is 3.00 bits per heavy atom. The van der Waals surface area contributed by atoms with Crippen LogP contribution in [0.5, 0.6) is 5.75 Å². The van der Waals surface area contributed by atoms with Crippen LogP contribution < -0.4 is 10.6 Å². The highest BCUT2D eigenvalue weighted by atomic mass is 32.1. The van der Waals surface area contributed by atoms with Gasteiger partial charge in [-0.3, -0.25) is 5.32 Å². The SMILES string of the molecule is CN1CC[C@@]2(C)c3cc(O)ccc3C[C@@H]1[C@H]2NC(=O)Nc1nc2cc(F)ccc2s1. The van der Waals surface area contributed by atoms with E-state index in [4.69, 9.17) is 0 Å². The summed E-state index contributed by atoms with van der Waals surface area (Å²) in [6.07, 6.45) is 1.69. The van der Waals surface area contributed by atoms with Crippen molar-refractivity contribution in [1.29, 1.82) is 0 Å². The number of benzene rings is 2. The number of likely N-dealkylation sites (N-methyl/N-ethyl adjacent to an activating group) is 1. The molecule has 1 fully saturated rings. The van der Waals surface area contributed by atoms with Gasteiger partial charge in [-0.1, -0.05) is 24.3 Å². The minimum atomic E-state index is -0.350. The van der Waals surface area contributed by atoms with Crippen LogP contribution in [0.2, 0.25) is 0 Å². The van der Waals surface area contributed by atoms with E-state index in [1.807, 2.05) is 12.1 Å². The Kier molecular flexibility index (Phi) is 4.44. The van der Waals surface area contributed by atoms with Crippen LogP contribution in [-0.2, 0) is 11.8 Å². The summed E-state index contributed by atoms with van der Waals surface area (Å²) in [6, 6.07) is 9.70. The van der Waals surface area contributed by atoms with Crippen LogP contribution in [0.4, 0.5) is 14.3 Å². The molecule has 0 radical (unpaired) electrons. The Labute approximate surface area is 177 Å². The molecule has 3 N–H and O–H groups in total. The molecule has 5 rings (SSSR count). The van der Waals surface area contributed by atoms with Gasteiger partial charge in [0.2, 0.25) is 0 Å². The molecule has 1 aliphatic carbocycles. The quantitative estimate of drug-likeness (QED) is 0.582. The molecule has 30 heavy (non-hydrogen) atoms. The van der Waals surface area contributed by atoms with Gasteiger partial charge in [0.1, 0.15) is 11.6 Å². The highest BCUT2D eigenvalue weighted by Gasteiger charge is 2.50. The Hall–Kier alpha value is -2.71. The number of phenols is 1. The van der Waals surface area contributed by atoms with Crippen molar-refractivity contribution in [2.75, 3.05) is 18.9 Å². The number of phenolic OH excluding ortho intramolecular Hbond substituents is 1. The molecular formula is C22H23FN4O2S. The number of piperidine rings is 1. The summed E-state index contributed by atoms with van der Waals surface area (Å²) in [7, 11) is 2.09. The van der Waals surface area contributed by atoms with E-state index in [2.05, 4.69) is 34.5 Å². The number of aromatic nitrogens is 1. The van der Waals surface area contributed by atoms with Crippen LogP contribution in [0.15, 0.2) is 36.4 Å². The molecule has 1 aromatic heterocycles. The molecule has 2 aromatic carbocycles. The fraction of sp³-hybridized carbons (Fsp3) is 0.364. The van der Waals surface area contributed by atoms with Crippen LogP contribution >= 0.6 is 11.3 Å². The number of fused-ring (bicyclic) bond motifs is 5. The third-order valence-electron chi connectivity index (χ3n) is 6.62. The molecule has 156 valence electrons. The normalized spacial score (nSPS) is 25.7. The summed E-state index contributed by atoms with van der Waals surface area (Å²) < 4.78 is 14.2. The number of carbonyl (C=O) groups excluding carboxylic acids is 1. The minimum Gasteiger partial charge on any atom is -0.508 e. The van der Waals surface area contributed by atoms with Gasteiger partial charge in [0.15, 0.2) is 5.13 Å². The lowest BCUT2D eigenvalue weighted by Crippen LogP contribution is -2.67. The van der Waals surface area contributed by atoms with Gasteiger partial charge < -0.3 is 15.3 Å². The van der Waals surface area contributed by atoms with Crippen molar-refractivity contribution in [1.82, 2.24) is 15.2 Å². The standard InChI is InChI=1S/C22H23FN4O2S/c1-22-7-8-27(2)17(9-12-3-5-14(28)11-15(12)22)19(22)25-20(29)26-21-24-16-10-13(23)4-6-18(16)30-21/h3-6,10-11,17,19,28H,7-9H2,1-2H3,(H2,24,25,26,29)/t17-,19-,22+/m1/s1. The Bertz CT molecular complexity index is 1150. The third kappa shape index (κ3) is 3.11. The summed E-state index contributed by atoms with van der Waals surface area (Å²) in [4.78, 5) is 19.5. The lowest BCUT2D eigenvalue weighted by molar-refractivity contribution is 0.0718. The number of halogens is 1. The number of nitrogens with zero attached hydrogens (tertiary/aromatic N) is 2. The average Bonchev–Trinajstić information content (AvgIpc) is 3.09. The predicted molar refractivity (Wildman–Crippen MR) is 116 cm³/mol. The molecule has 0 unspecified atom stereocenters. The Morgan fingerprint density at radius 1 is 1.33 bits per heavy atom. The molecule has 6 nitrogen and oxygen atoms in total. The van der Waals surface area contributed by atoms with E-state index >= 15 is 0 Å². The molecule has 2 amide bonds. The number of hydrogen-bond donors (Lipinski definition) is 3. The van der Waals surface area contributed by atoms with Crippen LogP contribution in [0.3, 0.4) is 0 Å². The Morgan fingerprint density at radius 2 is 2.17 bits per heavy atom. The van der Waals surface area contributed by atoms with Gasteiger partial charge in [-0.15, -0.1) is 0 Å². The molecule has 3 aromatic rings. The molecule has 0 spiro atoms. The molecule has 0 saturated carbocycles. The number of thiazole rings is 1. The van der Waals surface area contributed by atoms with E-state index in [-0.39, 0.29) is 35.1 Å². The first kappa shape index (κ1) is 19.3. The second kappa shape index (κ2) is 6.92. The monoisotopic (exact) mass is 426 g/mol. The maximum absolute atomic E-state index is 13.4. The van der Waals surface area contributed by atoms with E-state index in [1.165, 1.54) is 29.0 Å². The smallest absolute Gasteiger partial charge is 0.321 e.